The van der Waals surface area contributed by atoms with Crippen LogP contribution in [0.4, 0.5) is 0 Å². The number of amides is 2. The molecular weight excluding hydrogens is 402 g/mol. The number of carbonyl (C=O) groups excluding carboxylic acids is 2. The minimum Gasteiger partial charge on any atom is -0.378 e. The van der Waals surface area contributed by atoms with Gasteiger partial charge in [-0.1, -0.05) is 0 Å². The highest BCUT2D eigenvalue weighted by molar-refractivity contribution is 7.07. The maximum absolute atomic E-state index is 12.9. The van der Waals surface area contributed by atoms with Crippen LogP contribution in [0.3, 0.4) is 0 Å². The largest absolute Gasteiger partial charge is 0.378 e. The molecule has 7 nitrogen and oxygen atoms in total. The fraction of sp³-hybridized carbons (Fsp3) is 0.727. The zero-order chi connectivity index (χ0) is 21.1. The summed E-state index contributed by atoms with van der Waals surface area (Å²) in [7, 11) is 0. The highest BCUT2D eigenvalue weighted by Gasteiger charge is 2.51. The monoisotopic (exact) mass is 435 g/mol. The number of rotatable bonds is 7. The third-order valence-corrected chi connectivity index (χ3v) is 7.17. The summed E-state index contributed by atoms with van der Waals surface area (Å²) < 4.78 is 11.5. The molecule has 4 heterocycles. The van der Waals surface area contributed by atoms with Crippen LogP contribution in [0.2, 0.25) is 0 Å². The maximum atomic E-state index is 12.9. The molecule has 0 saturated carbocycles. The molecular formula is C22H33N3O4S. The molecule has 30 heavy (non-hydrogen) atoms. The summed E-state index contributed by atoms with van der Waals surface area (Å²) in [6, 6.07) is 2.56. The van der Waals surface area contributed by atoms with Crippen molar-refractivity contribution in [3.05, 3.63) is 22.4 Å². The smallest absolute Gasteiger partial charge is 0.225 e. The molecule has 3 aliphatic heterocycles. The molecule has 0 spiro atoms. The number of ether oxygens (including phenoxy) is 2. The quantitative estimate of drug-likeness (QED) is 0.706. The maximum Gasteiger partial charge on any atom is 0.225 e. The second-order valence-corrected chi connectivity index (χ2v) is 9.74. The van der Waals surface area contributed by atoms with E-state index in [0.29, 0.717) is 45.8 Å². The van der Waals surface area contributed by atoms with Crippen LogP contribution in [0.1, 0.15) is 32.3 Å². The molecule has 0 radical (unpaired) electrons. The lowest BCUT2D eigenvalue weighted by atomic mass is 9.84. The van der Waals surface area contributed by atoms with Gasteiger partial charge in [0.2, 0.25) is 11.8 Å². The second kappa shape index (κ2) is 9.77. The number of hydrogen-bond acceptors (Lipinski definition) is 6. The van der Waals surface area contributed by atoms with E-state index in [-0.39, 0.29) is 41.8 Å². The highest BCUT2D eigenvalue weighted by Crippen LogP contribution is 2.42. The van der Waals surface area contributed by atoms with Crippen molar-refractivity contribution < 1.29 is 19.1 Å². The topological polar surface area (TPSA) is 71.1 Å². The first-order valence-corrected chi connectivity index (χ1v) is 12.0. The molecule has 0 aromatic carbocycles. The van der Waals surface area contributed by atoms with Gasteiger partial charge in [-0.2, -0.15) is 11.3 Å². The fourth-order valence-corrected chi connectivity index (χ4v) is 5.80. The van der Waals surface area contributed by atoms with Crippen molar-refractivity contribution >= 4 is 23.2 Å². The van der Waals surface area contributed by atoms with Crippen molar-refractivity contribution in [2.75, 3.05) is 39.5 Å². The lowest BCUT2D eigenvalue weighted by Gasteiger charge is -2.29. The van der Waals surface area contributed by atoms with E-state index in [0.717, 1.165) is 13.1 Å². The summed E-state index contributed by atoms with van der Waals surface area (Å²) in [6.45, 7) is 8.89. The van der Waals surface area contributed by atoms with E-state index in [4.69, 9.17) is 9.47 Å². The summed E-state index contributed by atoms with van der Waals surface area (Å²) in [5.41, 5.74) is 1.30. The van der Waals surface area contributed by atoms with Crippen LogP contribution in [0.15, 0.2) is 16.8 Å². The van der Waals surface area contributed by atoms with Gasteiger partial charge in [0.05, 0.1) is 32.3 Å². The lowest BCUT2D eigenvalue weighted by Crippen LogP contribution is -2.43. The van der Waals surface area contributed by atoms with Gasteiger partial charge < -0.3 is 19.7 Å². The second-order valence-electron chi connectivity index (χ2n) is 8.96. The van der Waals surface area contributed by atoms with Crippen LogP contribution in [0, 0.1) is 11.8 Å². The van der Waals surface area contributed by atoms with Crippen molar-refractivity contribution in [3.8, 4) is 0 Å². The summed E-state index contributed by atoms with van der Waals surface area (Å²) in [5.74, 6) is 0.658. The Labute approximate surface area is 182 Å². The Morgan fingerprint density at radius 2 is 2.07 bits per heavy atom. The van der Waals surface area contributed by atoms with Gasteiger partial charge in [0.1, 0.15) is 0 Å². The molecule has 1 N–H and O–H groups in total. The number of nitrogens with zero attached hydrogens (tertiary/aromatic N) is 2. The summed E-state index contributed by atoms with van der Waals surface area (Å²) in [5, 5.41) is 7.32. The van der Waals surface area contributed by atoms with Crippen LogP contribution >= 0.6 is 11.3 Å². The van der Waals surface area contributed by atoms with E-state index in [1.54, 1.807) is 11.3 Å². The van der Waals surface area contributed by atoms with Crippen LogP contribution < -0.4 is 5.32 Å². The Bertz CT molecular complexity index is 720. The Morgan fingerprint density at radius 1 is 1.27 bits per heavy atom. The highest BCUT2D eigenvalue weighted by atomic mass is 32.1. The van der Waals surface area contributed by atoms with Crippen LogP contribution in [-0.2, 0) is 25.6 Å². The molecule has 8 heteroatoms. The van der Waals surface area contributed by atoms with Gasteiger partial charge in [0.15, 0.2) is 0 Å². The average Bonchev–Trinajstić information content (AvgIpc) is 3.43. The molecule has 0 aliphatic carbocycles. The molecule has 3 aliphatic rings. The number of morpholine rings is 1. The van der Waals surface area contributed by atoms with E-state index >= 15 is 0 Å². The van der Waals surface area contributed by atoms with Gasteiger partial charge in [-0.25, -0.2) is 0 Å². The Hall–Kier alpha value is -1.48. The number of likely N-dealkylation sites (tertiary alicyclic amines) is 1. The Morgan fingerprint density at radius 3 is 2.77 bits per heavy atom. The first-order valence-electron chi connectivity index (χ1n) is 11.0. The van der Waals surface area contributed by atoms with Crippen molar-refractivity contribution in [3.63, 3.8) is 0 Å². The molecule has 3 fully saturated rings. The molecule has 1 aromatic rings. The molecule has 4 rings (SSSR count). The fourth-order valence-electron chi connectivity index (χ4n) is 5.14. The van der Waals surface area contributed by atoms with Crippen LogP contribution in [-0.4, -0.2) is 79.3 Å². The Kier molecular flexibility index (Phi) is 7.08. The summed E-state index contributed by atoms with van der Waals surface area (Å²) in [4.78, 5) is 29.7. The predicted octanol–water partition coefficient (Wildman–Crippen LogP) is 1.73. The van der Waals surface area contributed by atoms with E-state index in [2.05, 4.69) is 27.0 Å². The third-order valence-electron chi connectivity index (χ3n) is 6.44. The minimum absolute atomic E-state index is 0.0938. The number of carbonyl (C=O) groups is 2. The third kappa shape index (κ3) is 5.04. The number of hydrogen-bond donors (Lipinski definition) is 1. The summed E-state index contributed by atoms with van der Waals surface area (Å²) >= 11 is 1.71. The molecule has 3 saturated heterocycles. The van der Waals surface area contributed by atoms with E-state index in [1.165, 1.54) is 5.56 Å². The first-order chi connectivity index (χ1) is 14.5. The first kappa shape index (κ1) is 21.7. The SMILES string of the molecule is CC(C)NC(=O)C[C@@H]1CN(Cc2ccsc2)[C@@H]2CO[C@@H](CC(=O)N3CCOCC3)[C@H]12. The number of nitrogens with one attached hydrogen (secondary N) is 1. The van der Waals surface area contributed by atoms with Crippen molar-refractivity contribution in [2.24, 2.45) is 11.8 Å². The minimum atomic E-state index is -0.116. The molecule has 0 unspecified atom stereocenters. The van der Waals surface area contributed by atoms with Gasteiger partial charge in [-0.15, -0.1) is 0 Å². The zero-order valence-electron chi connectivity index (χ0n) is 17.9. The van der Waals surface area contributed by atoms with Crippen molar-refractivity contribution in [2.45, 2.75) is 51.4 Å². The van der Waals surface area contributed by atoms with E-state index in [9.17, 15) is 9.59 Å². The Balaban J connectivity index is 1.45. The van der Waals surface area contributed by atoms with Gasteiger partial charge in [-0.3, -0.25) is 14.5 Å². The molecule has 4 atom stereocenters. The van der Waals surface area contributed by atoms with Gasteiger partial charge >= 0.3 is 0 Å². The van der Waals surface area contributed by atoms with E-state index in [1.807, 2.05) is 18.7 Å². The van der Waals surface area contributed by atoms with Crippen molar-refractivity contribution in [1.29, 1.82) is 0 Å². The lowest BCUT2D eigenvalue weighted by molar-refractivity contribution is -0.138. The molecule has 1 aromatic heterocycles. The van der Waals surface area contributed by atoms with E-state index < -0.39 is 0 Å². The average molecular weight is 436 g/mol. The van der Waals surface area contributed by atoms with Gasteiger partial charge in [0, 0.05) is 50.6 Å². The van der Waals surface area contributed by atoms with Gasteiger partial charge in [-0.05, 0) is 42.2 Å². The predicted molar refractivity (Wildman–Crippen MR) is 115 cm³/mol. The zero-order valence-corrected chi connectivity index (χ0v) is 18.7. The molecule has 0 bridgehead atoms. The van der Waals surface area contributed by atoms with Crippen LogP contribution in [0.25, 0.3) is 0 Å². The van der Waals surface area contributed by atoms with Crippen LogP contribution in [0.5, 0.6) is 0 Å². The number of thiophene rings is 1. The van der Waals surface area contributed by atoms with Gasteiger partial charge in [0.25, 0.3) is 0 Å². The normalized spacial score (nSPS) is 29.4. The van der Waals surface area contributed by atoms with Crippen molar-refractivity contribution in [1.82, 2.24) is 15.1 Å². The number of fused-ring (bicyclic) bond motifs is 1. The standard InChI is InChI=1S/C22H33N3O4S/c1-15(2)23-20(26)9-17-12-25(11-16-3-8-30-14-16)18-13-29-19(22(17)18)10-21(27)24-4-6-28-7-5-24/h3,8,14-15,17-19,22H,4-7,9-13H2,1-2H3,(H,23,26)/t17-,18-,19+,22-/m1/s1. The molecule has 166 valence electrons. The summed E-state index contributed by atoms with van der Waals surface area (Å²) in [6.07, 6.45) is 0.774. The molecule has 2 amide bonds.